The number of hydrogen-bond acceptors (Lipinski definition) is 6. The van der Waals surface area contributed by atoms with E-state index >= 15 is 0 Å². The van der Waals surface area contributed by atoms with Gasteiger partial charge in [0.15, 0.2) is 11.5 Å². The van der Waals surface area contributed by atoms with Crippen molar-refractivity contribution in [2.75, 3.05) is 38.5 Å². The van der Waals surface area contributed by atoms with Crippen LogP contribution in [-0.4, -0.2) is 45.7 Å². The minimum absolute atomic E-state index is 0.0620. The van der Waals surface area contributed by atoms with Gasteiger partial charge in [-0.05, 0) is 55.8 Å². The second-order valence-electron chi connectivity index (χ2n) is 7.71. The molecule has 8 heteroatoms. The van der Waals surface area contributed by atoms with Crippen LogP contribution in [0.5, 0.6) is 17.2 Å². The number of hydrogen-bond donors (Lipinski definition) is 3. The van der Waals surface area contributed by atoms with Gasteiger partial charge in [0.05, 0.1) is 33.1 Å². The zero-order valence-corrected chi connectivity index (χ0v) is 20.2. The third kappa shape index (κ3) is 6.97. The molecule has 4 rings (SSSR count). The molecule has 8 nitrogen and oxygen atoms in total. The summed E-state index contributed by atoms with van der Waals surface area (Å²) in [4.78, 5) is 23.8. The van der Waals surface area contributed by atoms with Crippen LogP contribution in [0.3, 0.4) is 0 Å². The Morgan fingerprint density at radius 3 is 2.03 bits per heavy atom. The van der Waals surface area contributed by atoms with Crippen LogP contribution >= 0.6 is 0 Å². The highest BCUT2D eigenvalue weighted by Gasteiger charge is 2.24. The largest absolute Gasteiger partial charge is 0.493 e. The molecule has 3 N–H and O–H groups in total. The van der Waals surface area contributed by atoms with Crippen LogP contribution in [0.1, 0.15) is 23.2 Å². The summed E-state index contributed by atoms with van der Waals surface area (Å²) in [6, 6.07) is 21.9. The van der Waals surface area contributed by atoms with Gasteiger partial charge in [-0.25, -0.2) is 0 Å². The van der Waals surface area contributed by atoms with Gasteiger partial charge in [-0.15, -0.1) is 0 Å². The van der Waals surface area contributed by atoms with Crippen LogP contribution in [0.4, 0.5) is 11.4 Å². The maximum absolute atomic E-state index is 12.1. The van der Waals surface area contributed by atoms with Gasteiger partial charge in [0, 0.05) is 11.3 Å². The van der Waals surface area contributed by atoms with Crippen molar-refractivity contribution >= 4 is 23.2 Å². The van der Waals surface area contributed by atoms with Crippen molar-refractivity contribution in [2.24, 2.45) is 0 Å². The highest BCUT2D eigenvalue weighted by molar-refractivity contribution is 6.04. The summed E-state index contributed by atoms with van der Waals surface area (Å²) in [5, 5.41) is 8.84. The van der Waals surface area contributed by atoms with Crippen molar-refractivity contribution in [3.8, 4) is 17.2 Å². The monoisotopic (exact) mass is 477 g/mol. The number of carbonyl (C=O) groups excluding carboxylic acids is 2. The van der Waals surface area contributed by atoms with E-state index < -0.39 is 0 Å². The number of nitrogens with one attached hydrogen (secondary N) is 3. The Hall–Kier alpha value is -4.04. The van der Waals surface area contributed by atoms with Crippen molar-refractivity contribution in [1.29, 1.82) is 0 Å². The Labute approximate surface area is 205 Å². The number of methoxy groups -OCH3 is 3. The molecule has 1 aliphatic heterocycles. The zero-order chi connectivity index (χ0) is 25.0. The van der Waals surface area contributed by atoms with Gasteiger partial charge >= 0.3 is 0 Å². The Bertz CT molecular complexity index is 1100. The number of rotatable bonds is 7. The number of carbonyl (C=O) groups is 2. The second-order valence-corrected chi connectivity index (χ2v) is 7.71. The predicted molar refractivity (Wildman–Crippen MR) is 137 cm³/mol. The molecule has 0 bridgehead atoms. The smallest absolute Gasteiger partial charge is 0.255 e. The van der Waals surface area contributed by atoms with Crippen molar-refractivity contribution in [3.05, 3.63) is 78.4 Å². The van der Waals surface area contributed by atoms with E-state index in [2.05, 4.69) is 16.0 Å². The second kappa shape index (κ2) is 13.0. The fourth-order valence-electron chi connectivity index (χ4n) is 3.64. The SMILES string of the molecule is COc1ccc(NC(=O)[C@@H]2CCCN2)c(OC)c1OC.O=C(Nc1ccccc1)c1ccccc1. The van der Waals surface area contributed by atoms with Gasteiger partial charge in [0.25, 0.3) is 5.91 Å². The zero-order valence-electron chi connectivity index (χ0n) is 20.2. The molecule has 184 valence electrons. The number of benzene rings is 3. The fourth-order valence-corrected chi connectivity index (χ4v) is 3.64. The molecule has 1 atom stereocenters. The molecule has 0 radical (unpaired) electrons. The van der Waals surface area contributed by atoms with E-state index in [1.54, 1.807) is 31.4 Å². The lowest BCUT2D eigenvalue weighted by Gasteiger charge is -2.17. The van der Waals surface area contributed by atoms with Crippen molar-refractivity contribution in [3.63, 3.8) is 0 Å². The van der Waals surface area contributed by atoms with Crippen molar-refractivity contribution in [1.82, 2.24) is 5.32 Å². The van der Waals surface area contributed by atoms with E-state index in [-0.39, 0.29) is 17.9 Å². The average Bonchev–Trinajstić information content (AvgIpc) is 3.45. The van der Waals surface area contributed by atoms with Crippen molar-refractivity contribution in [2.45, 2.75) is 18.9 Å². The maximum atomic E-state index is 12.1. The first-order valence-electron chi connectivity index (χ1n) is 11.3. The third-order valence-corrected chi connectivity index (χ3v) is 5.41. The Kier molecular flexibility index (Phi) is 9.50. The number of para-hydroxylation sites is 1. The molecular weight excluding hydrogens is 446 g/mol. The summed E-state index contributed by atoms with van der Waals surface area (Å²) < 4.78 is 15.8. The number of anilines is 2. The van der Waals surface area contributed by atoms with Gasteiger partial charge in [-0.2, -0.15) is 0 Å². The molecule has 3 aromatic carbocycles. The molecule has 2 amide bonds. The normalized spacial score (nSPS) is 14.2. The van der Waals surface area contributed by atoms with Crippen molar-refractivity contribution < 1.29 is 23.8 Å². The first kappa shape index (κ1) is 25.6. The predicted octanol–water partition coefficient (Wildman–Crippen LogP) is 4.34. The van der Waals surface area contributed by atoms with Crippen LogP contribution in [0.2, 0.25) is 0 Å². The Balaban J connectivity index is 0.000000203. The summed E-state index contributed by atoms with van der Waals surface area (Å²) in [6.45, 7) is 0.876. The van der Waals surface area contributed by atoms with E-state index in [0.29, 0.717) is 28.5 Å². The van der Waals surface area contributed by atoms with E-state index in [1.165, 1.54) is 14.2 Å². The fraction of sp³-hybridized carbons (Fsp3) is 0.259. The molecule has 1 aliphatic rings. The molecule has 0 spiro atoms. The molecule has 1 saturated heterocycles. The summed E-state index contributed by atoms with van der Waals surface area (Å²) >= 11 is 0. The first-order chi connectivity index (χ1) is 17.1. The van der Waals surface area contributed by atoms with Crippen LogP contribution in [-0.2, 0) is 4.79 Å². The molecule has 35 heavy (non-hydrogen) atoms. The molecule has 1 heterocycles. The molecule has 0 aromatic heterocycles. The minimum atomic E-state index is -0.146. The third-order valence-electron chi connectivity index (χ3n) is 5.41. The van der Waals surface area contributed by atoms with E-state index in [9.17, 15) is 9.59 Å². The van der Waals surface area contributed by atoms with E-state index in [4.69, 9.17) is 14.2 Å². The van der Waals surface area contributed by atoms with Gasteiger partial charge < -0.3 is 30.2 Å². The van der Waals surface area contributed by atoms with E-state index in [1.807, 2.05) is 48.5 Å². The topological polar surface area (TPSA) is 97.9 Å². The minimum Gasteiger partial charge on any atom is -0.493 e. The molecule has 0 saturated carbocycles. The van der Waals surface area contributed by atoms with Gasteiger partial charge in [0.1, 0.15) is 0 Å². The molecule has 0 aliphatic carbocycles. The van der Waals surface area contributed by atoms with Gasteiger partial charge in [0.2, 0.25) is 11.7 Å². The lowest BCUT2D eigenvalue weighted by atomic mass is 10.2. The summed E-state index contributed by atoms with van der Waals surface area (Å²) in [6.07, 6.45) is 1.86. The Morgan fingerprint density at radius 1 is 0.800 bits per heavy atom. The number of ether oxygens (including phenoxy) is 3. The summed E-state index contributed by atoms with van der Waals surface area (Å²) in [5.74, 6) is 1.33. The van der Waals surface area contributed by atoms with Crippen LogP contribution in [0, 0.1) is 0 Å². The van der Waals surface area contributed by atoms with Crippen LogP contribution in [0.25, 0.3) is 0 Å². The Morgan fingerprint density at radius 2 is 1.46 bits per heavy atom. The van der Waals surface area contributed by atoms with Gasteiger partial charge in [-0.1, -0.05) is 36.4 Å². The average molecular weight is 478 g/mol. The first-order valence-corrected chi connectivity index (χ1v) is 11.3. The standard InChI is InChI=1S/C14H20N2O4.C13H11NO/c1-18-11-7-6-9(12(19-2)13(11)20-3)16-14(17)10-5-4-8-15-10;15-13(11-7-3-1-4-8-11)14-12-9-5-2-6-10-12/h6-7,10,15H,4-5,8H2,1-3H3,(H,16,17);1-10H,(H,14,15)/t10-;/m0./s1. The molecule has 0 unspecified atom stereocenters. The summed E-state index contributed by atoms with van der Waals surface area (Å²) in [5.41, 5.74) is 2.05. The van der Waals surface area contributed by atoms with Crippen LogP contribution < -0.4 is 30.2 Å². The quantitative estimate of drug-likeness (QED) is 0.468. The number of amides is 2. The van der Waals surface area contributed by atoms with E-state index in [0.717, 1.165) is 25.1 Å². The molecular formula is C27H31N3O5. The highest BCUT2D eigenvalue weighted by Crippen LogP contribution is 2.42. The summed E-state index contributed by atoms with van der Waals surface area (Å²) in [7, 11) is 4.61. The molecule has 1 fully saturated rings. The lowest BCUT2D eigenvalue weighted by molar-refractivity contribution is -0.117. The molecule has 3 aromatic rings. The van der Waals surface area contributed by atoms with Gasteiger partial charge in [-0.3, -0.25) is 9.59 Å². The van der Waals surface area contributed by atoms with Crippen LogP contribution in [0.15, 0.2) is 72.8 Å². The maximum Gasteiger partial charge on any atom is 0.255 e. The highest BCUT2D eigenvalue weighted by atomic mass is 16.5. The lowest BCUT2D eigenvalue weighted by Crippen LogP contribution is -2.35.